The maximum absolute atomic E-state index is 12.2. The second-order valence-corrected chi connectivity index (χ2v) is 4.41. The number of alkyl halides is 2. The van der Waals surface area contributed by atoms with Crippen molar-refractivity contribution in [3.05, 3.63) is 29.3 Å². The average molecular weight is 291 g/mol. The van der Waals surface area contributed by atoms with Crippen LogP contribution in [0.15, 0.2) is 29.2 Å². The number of benzene rings is 1. The topological polar surface area (TPSA) is 27.1 Å². The van der Waals surface area contributed by atoms with Gasteiger partial charge in [-0.1, -0.05) is 23.7 Å². The van der Waals surface area contributed by atoms with Crippen molar-refractivity contribution in [1.29, 1.82) is 0 Å². The van der Waals surface area contributed by atoms with Gasteiger partial charge in [0, 0.05) is 17.5 Å². The molecule has 0 N–H and O–H groups in total. The summed E-state index contributed by atoms with van der Waals surface area (Å²) in [6.07, 6.45) is 0. The van der Waals surface area contributed by atoms with Gasteiger partial charge in [-0.25, -0.2) is 4.68 Å². The number of nitrogens with zero attached hydrogens (tertiary/aromatic N) is 2. The molecule has 0 unspecified atom stereocenters. The molecule has 7 heteroatoms. The molecule has 0 saturated heterocycles. The van der Waals surface area contributed by atoms with Crippen LogP contribution >= 0.6 is 24.2 Å². The number of thiol groups is 1. The minimum absolute atomic E-state index is 0.0599. The van der Waals surface area contributed by atoms with E-state index in [1.165, 1.54) is 11.7 Å². The van der Waals surface area contributed by atoms with Crippen LogP contribution in [0.4, 0.5) is 8.78 Å². The molecule has 0 saturated carbocycles. The van der Waals surface area contributed by atoms with Crippen LogP contribution in [0.2, 0.25) is 5.02 Å². The van der Waals surface area contributed by atoms with Crippen molar-refractivity contribution in [3.63, 3.8) is 0 Å². The van der Waals surface area contributed by atoms with Gasteiger partial charge in [-0.15, -0.1) is 12.6 Å². The van der Waals surface area contributed by atoms with E-state index in [0.717, 1.165) is 4.90 Å². The molecule has 0 fully saturated rings. The van der Waals surface area contributed by atoms with Crippen LogP contribution in [-0.2, 0) is 7.05 Å². The third kappa shape index (κ3) is 2.59. The summed E-state index contributed by atoms with van der Waals surface area (Å²) in [5.74, 6) is -0.156. The first kappa shape index (κ1) is 13.2. The smallest absolute Gasteiger partial charge is 0.388 e. The summed E-state index contributed by atoms with van der Waals surface area (Å²) in [7, 11) is 1.49. The number of halogens is 3. The molecular formula is C11H9ClF2N2OS. The number of rotatable bonds is 3. The largest absolute Gasteiger partial charge is 0.416 e. The van der Waals surface area contributed by atoms with Gasteiger partial charge in [-0.05, 0) is 12.1 Å². The van der Waals surface area contributed by atoms with Crippen molar-refractivity contribution in [1.82, 2.24) is 9.78 Å². The number of aryl methyl sites for hydroxylation is 1. The molecule has 0 aliphatic rings. The standard InChI is InChI=1S/C11H9ClF2N2OS/c1-16-10(17-11(13)14)8(12)9(15-16)6-2-4-7(18)5-3-6/h2-5,11,18H,1H3. The number of aromatic nitrogens is 2. The maximum atomic E-state index is 12.2. The van der Waals surface area contributed by atoms with E-state index in [4.69, 9.17) is 11.6 Å². The third-order valence-corrected chi connectivity index (χ3v) is 2.92. The molecule has 0 amide bonds. The van der Waals surface area contributed by atoms with Crippen molar-refractivity contribution >= 4 is 24.2 Å². The Morgan fingerprint density at radius 2 is 1.94 bits per heavy atom. The summed E-state index contributed by atoms with van der Waals surface area (Å²) in [5, 5.41) is 4.12. The molecule has 0 aliphatic carbocycles. The van der Waals surface area contributed by atoms with E-state index in [1.54, 1.807) is 24.3 Å². The van der Waals surface area contributed by atoms with E-state index >= 15 is 0 Å². The Kier molecular flexibility index (Phi) is 3.77. The van der Waals surface area contributed by atoms with Crippen LogP contribution in [0.5, 0.6) is 5.88 Å². The quantitative estimate of drug-likeness (QED) is 0.874. The van der Waals surface area contributed by atoms with Gasteiger partial charge in [-0.3, -0.25) is 0 Å². The zero-order chi connectivity index (χ0) is 13.3. The molecule has 0 atom stereocenters. The van der Waals surface area contributed by atoms with E-state index in [0.29, 0.717) is 11.3 Å². The zero-order valence-corrected chi connectivity index (χ0v) is 10.9. The molecule has 0 bridgehead atoms. The van der Waals surface area contributed by atoms with Gasteiger partial charge in [0.1, 0.15) is 10.7 Å². The first-order chi connectivity index (χ1) is 8.49. The monoisotopic (exact) mass is 290 g/mol. The molecule has 1 aromatic carbocycles. The number of hydrogen-bond donors (Lipinski definition) is 1. The molecule has 1 heterocycles. The Hall–Kier alpha value is -1.27. The molecule has 1 aromatic heterocycles. The van der Waals surface area contributed by atoms with Crippen LogP contribution in [0, 0.1) is 0 Å². The molecule has 0 radical (unpaired) electrons. The Morgan fingerprint density at radius 3 is 2.50 bits per heavy atom. The van der Waals surface area contributed by atoms with Gasteiger partial charge < -0.3 is 4.74 Å². The lowest BCUT2D eigenvalue weighted by Crippen LogP contribution is -2.06. The average Bonchev–Trinajstić information content (AvgIpc) is 2.58. The summed E-state index contributed by atoms with van der Waals surface area (Å²) >= 11 is 10.1. The fourth-order valence-corrected chi connectivity index (χ4v) is 1.96. The first-order valence-electron chi connectivity index (χ1n) is 4.95. The first-order valence-corrected chi connectivity index (χ1v) is 5.78. The number of ether oxygens (including phenoxy) is 1. The van der Waals surface area contributed by atoms with Crippen molar-refractivity contribution in [2.75, 3.05) is 0 Å². The third-order valence-electron chi connectivity index (χ3n) is 2.28. The molecule has 0 spiro atoms. The van der Waals surface area contributed by atoms with E-state index in [1.807, 2.05) is 0 Å². The Morgan fingerprint density at radius 1 is 1.33 bits per heavy atom. The molecule has 0 aliphatic heterocycles. The maximum Gasteiger partial charge on any atom is 0.388 e. The van der Waals surface area contributed by atoms with Crippen LogP contribution in [0.1, 0.15) is 0 Å². The highest BCUT2D eigenvalue weighted by Crippen LogP contribution is 2.35. The highest BCUT2D eigenvalue weighted by Gasteiger charge is 2.19. The van der Waals surface area contributed by atoms with Crippen LogP contribution in [-0.4, -0.2) is 16.4 Å². The molecule has 2 aromatic rings. The van der Waals surface area contributed by atoms with Gasteiger partial charge in [0.05, 0.1) is 0 Å². The summed E-state index contributed by atoms with van der Waals surface area (Å²) in [6.45, 7) is -2.94. The summed E-state index contributed by atoms with van der Waals surface area (Å²) in [5.41, 5.74) is 1.10. The van der Waals surface area contributed by atoms with Crippen molar-refractivity contribution in [3.8, 4) is 17.1 Å². The molecule has 96 valence electrons. The fourth-order valence-electron chi connectivity index (χ4n) is 1.50. The highest BCUT2D eigenvalue weighted by atomic mass is 35.5. The lowest BCUT2D eigenvalue weighted by Gasteiger charge is -2.03. The fraction of sp³-hybridized carbons (Fsp3) is 0.182. The van der Waals surface area contributed by atoms with E-state index in [-0.39, 0.29) is 10.9 Å². The van der Waals surface area contributed by atoms with Gasteiger partial charge in [0.2, 0.25) is 5.88 Å². The Bertz CT molecular complexity index is 557. The predicted molar refractivity (Wildman–Crippen MR) is 67.5 cm³/mol. The van der Waals surface area contributed by atoms with Crippen molar-refractivity contribution in [2.45, 2.75) is 11.5 Å². The summed E-state index contributed by atoms with van der Waals surface area (Å²) in [4.78, 5) is 0.787. The second kappa shape index (κ2) is 5.16. The summed E-state index contributed by atoms with van der Waals surface area (Å²) < 4.78 is 29.9. The van der Waals surface area contributed by atoms with E-state index in [9.17, 15) is 8.78 Å². The molecule has 3 nitrogen and oxygen atoms in total. The van der Waals surface area contributed by atoms with E-state index in [2.05, 4.69) is 22.5 Å². The van der Waals surface area contributed by atoms with Crippen molar-refractivity contribution in [2.24, 2.45) is 7.05 Å². The molecular weight excluding hydrogens is 282 g/mol. The van der Waals surface area contributed by atoms with Crippen molar-refractivity contribution < 1.29 is 13.5 Å². The van der Waals surface area contributed by atoms with Crippen LogP contribution in [0.25, 0.3) is 11.3 Å². The zero-order valence-electron chi connectivity index (χ0n) is 9.27. The normalized spacial score (nSPS) is 11.0. The SMILES string of the molecule is Cn1nc(-c2ccc(S)cc2)c(Cl)c1OC(F)F. The van der Waals surface area contributed by atoms with Gasteiger partial charge >= 0.3 is 6.61 Å². The molecule has 18 heavy (non-hydrogen) atoms. The van der Waals surface area contributed by atoms with E-state index < -0.39 is 6.61 Å². The minimum atomic E-state index is -2.94. The lowest BCUT2D eigenvalue weighted by atomic mass is 10.1. The Labute approximate surface area is 113 Å². The Balaban J connectivity index is 2.43. The summed E-state index contributed by atoms with van der Waals surface area (Å²) in [6, 6.07) is 7.03. The number of hydrogen-bond acceptors (Lipinski definition) is 3. The predicted octanol–water partition coefficient (Wildman–Crippen LogP) is 3.63. The van der Waals surface area contributed by atoms with Gasteiger partial charge in [0.15, 0.2) is 0 Å². The lowest BCUT2D eigenvalue weighted by molar-refractivity contribution is -0.0552. The van der Waals surface area contributed by atoms with Crippen LogP contribution < -0.4 is 4.74 Å². The van der Waals surface area contributed by atoms with Gasteiger partial charge in [-0.2, -0.15) is 13.9 Å². The van der Waals surface area contributed by atoms with Gasteiger partial charge in [0.25, 0.3) is 0 Å². The minimum Gasteiger partial charge on any atom is -0.416 e. The van der Waals surface area contributed by atoms with Crippen LogP contribution in [0.3, 0.4) is 0 Å². The second-order valence-electron chi connectivity index (χ2n) is 3.52. The molecule has 2 rings (SSSR count). The highest BCUT2D eigenvalue weighted by molar-refractivity contribution is 7.80.